The lowest BCUT2D eigenvalue weighted by molar-refractivity contribution is 0.0696. The van der Waals surface area contributed by atoms with Crippen molar-refractivity contribution in [2.45, 2.75) is 27.1 Å². The van der Waals surface area contributed by atoms with Gasteiger partial charge in [-0.15, -0.1) is 0 Å². The summed E-state index contributed by atoms with van der Waals surface area (Å²) in [4.78, 5) is 23.9. The van der Waals surface area contributed by atoms with Crippen LogP contribution in [0, 0.1) is 0 Å². The topological polar surface area (TPSA) is 116 Å². The number of carboxylic acids is 1. The first-order valence-electron chi connectivity index (χ1n) is 13.6. The molecule has 0 bridgehead atoms. The molecule has 9 nitrogen and oxygen atoms in total. The Labute approximate surface area is 258 Å². The molecule has 10 heteroatoms. The van der Waals surface area contributed by atoms with Gasteiger partial charge in [-0.2, -0.15) is 5.10 Å². The number of carboxylic acid groups (broad SMARTS) is 1. The fourth-order valence-corrected chi connectivity index (χ4v) is 4.54. The highest BCUT2D eigenvalue weighted by molar-refractivity contribution is 9.10. The molecule has 0 aliphatic rings. The molecule has 4 aromatic rings. The summed E-state index contributed by atoms with van der Waals surface area (Å²) in [6.07, 6.45) is 1.50. The molecular weight excluding hydrogens is 616 g/mol. The average molecular weight is 648 g/mol. The molecule has 0 radical (unpaired) electrons. The lowest BCUT2D eigenvalue weighted by atomic mass is 10.1. The number of hydrogen-bond donors (Lipinski definition) is 2. The second-order valence-electron chi connectivity index (χ2n) is 9.12. The molecule has 4 aromatic carbocycles. The van der Waals surface area contributed by atoms with Crippen molar-refractivity contribution in [2.75, 3.05) is 13.2 Å². The molecule has 4 rings (SSSR count). The van der Waals surface area contributed by atoms with Crippen molar-refractivity contribution in [3.63, 3.8) is 0 Å². The minimum absolute atomic E-state index is 0.204. The van der Waals surface area contributed by atoms with Gasteiger partial charge in [-0.25, -0.2) is 10.2 Å². The molecule has 222 valence electrons. The smallest absolute Gasteiger partial charge is 0.335 e. The third kappa shape index (κ3) is 8.83. The number of amides is 1. The number of ether oxygens (including phenoxy) is 4. The van der Waals surface area contributed by atoms with Crippen LogP contribution in [0.25, 0.3) is 0 Å². The molecule has 0 aromatic heterocycles. The lowest BCUT2D eigenvalue weighted by Crippen LogP contribution is -2.17. The van der Waals surface area contributed by atoms with Crippen LogP contribution in [0.3, 0.4) is 0 Å². The molecule has 0 saturated heterocycles. The monoisotopic (exact) mass is 646 g/mol. The Morgan fingerprint density at radius 3 is 2.12 bits per heavy atom. The first-order chi connectivity index (χ1) is 20.9. The van der Waals surface area contributed by atoms with E-state index in [1.54, 1.807) is 42.5 Å². The van der Waals surface area contributed by atoms with E-state index in [2.05, 4.69) is 26.5 Å². The third-order valence-electron chi connectivity index (χ3n) is 6.04. The van der Waals surface area contributed by atoms with Crippen molar-refractivity contribution in [2.24, 2.45) is 5.10 Å². The van der Waals surface area contributed by atoms with Crippen molar-refractivity contribution >= 4 is 34.0 Å². The van der Waals surface area contributed by atoms with E-state index < -0.39 is 11.9 Å². The molecule has 0 aliphatic heterocycles. The highest BCUT2D eigenvalue weighted by atomic mass is 79.9. The van der Waals surface area contributed by atoms with Crippen molar-refractivity contribution in [1.29, 1.82) is 0 Å². The van der Waals surface area contributed by atoms with Gasteiger partial charge < -0.3 is 24.1 Å². The quantitative estimate of drug-likeness (QED) is 0.113. The van der Waals surface area contributed by atoms with Crippen molar-refractivity contribution in [1.82, 2.24) is 5.43 Å². The van der Waals surface area contributed by atoms with Crippen LogP contribution in [0.5, 0.6) is 23.0 Å². The van der Waals surface area contributed by atoms with Crippen LogP contribution in [0.2, 0.25) is 0 Å². The van der Waals surface area contributed by atoms with Gasteiger partial charge >= 0.3 is 5.97 Å². The average Bonchev–Trinajstić information content (AvgIpc) is 3.01. The Bertz CT molecular complexity index is 1570. The Morgan fingerprint density at radius 1 is 0.767 bits per heavy atom. The molecule has 0 aliphatic carbocycles. The van der Waals surface area contributed by atoms with E-state index in [-0.39, 0.29) is 12.2 Å². The second kappa shape index (κ2) is 15.4. The molecule has 2 N–H and O–H groups in total. The summed E-state index contributed by atoms with van der Waals surface area (Å²) in [7, 11) is 0. The molecule has 0 atom stereocenters. The number of carbonyl (C=O) groups excluding carboxylic acids is 1. The fourth-order valence-electron chi connectivity index (χ4n) is 3.97. The van der Waals surface area contributed by atoms with Crippen LogP contribution in [-0.2, 0) is 13.2 Å². The SMILES string of the molecule is CCOc1cc(C(=O)N/N=C/c2cc(Br)c(OCc3ccc(C(=O)O)cc3)c(OCC)c2)ccc1OCc1ccccc1. The molecule has 0 spiro atoms. The lowest BCUT2D eigenvalue weighted by Gasteiger charge is -2.15. The van der Waals surface area contributed by atoms with Gasteiger partial charge in [-0.3, -0.25) is 4.79 Å². The van der Waals surface area contributed by atoms with Crippen molar-refractivity contribution < 1.29 is 33.6 Å². The fraction of sp³-hybridized carbons (Fsp3) is 0.182. The summed E-state index contributed by atoms with van der Waals surface area (Å²) in [5.41, 5.74) is 5.60. The number of aromatic carboxylic acids is 1. The van der Waals surface area contributed by atoms with E-state index in [0.717, 1.165) is 11.1 Å². The van der Waals surface area contributed by atoms with Gasteiger partial charge in [-0.1, -0.05) is 42.5 Å². The maximum absolute atomic E-state index is 12.8. The minimum atomic E-state index is -0.986. The van der Waals surface area contributed by atoms with E-state index >= 15 is 0 Å². The number of rotatable bonds is 14. The Morgan fingerprint density at radius 2 is 1.42 bits per heavy atom. The summed E-state index contributed by atoms with van der Waals surface area (Å²) in [5, 5.41) is 13.2. The molecule has 1 amide bonds. The summed E-state index contributed by atoms with van der Waals surface area (Å²) in [6, 6.07) is 24.7. The number of halogens is 1. The van der Waals surface area contributed by atoms with Crippen LogP contribution < -0.4 is 24.4 Å². The van der Waals surface area contributed by atoms with Gasteiger partial charge in [0.2, 0.25) is 0 Å². The number of carbonyl (C=O) groups is 2. The number of hydrogen-bond acceptors (Lipinski definition) is 7. The Balaban J connectivity index is 1.41. The normalized spacial score (nSPS) is 10.8. The Hall–Kier alpha value is -4.83. The number of hydrazone groups is 1. The molecule has 0 heterocycles. The van der Waals surface area contributed by atoms with Gasteiger partial charge in [0.05, 0.1) is 29.5 Å². The summed E-state index contributed by atoms with van der Waals surface area (Å²) >= 11 is 3.53. The summed E-state index contributed by atoms with van der Waals surface area (Å²) < 4.78 is 24.0. The van der Waals surface area contributed by atoms with Gasteiger partial charge in [0.1, 0.15) is 13.2 Å². The summed E-state index contributed by atoms with van der Waals surface area (Å²) in [6.45, 7) is 5.13. The largest absolute Gasteiger partial charge is 0.490 e. The van der Waals surface area contributed by atoms with Crippen LogP contribution in [0.15, 0.2) is 94.5 Å². The number of benzene rings is 4. The maximum Gasteiger partial charge on any atom is 0.335 e. The number of nitrogens with zero attached hydrogens (tertiary/aromatic N) is 1. The van der Waals surface area contributed by atoms with E-state index in [4.69, 9.17) is 24.1 Å². The molecule has 43 heavy (non-hydrogen) atoms. The van der Waals surface area contributed by atoms with Gasteiger partial charge in [0.25, 0.3) is 5.91 Å². The van der Waals surface area contributed by atoms with Crippen LogP contribution >= 0.6 is 15.9 Å². The van der Waals surface area contributed by atoms with Crippen LogP contribution in [0.4, 0.5) is 0 Å². The van der Waals surface area contributed by atoms with Crippen LogP contribution in [0.1, 0.15) is 51.3 Å². The van der Waals surface area contributed by atoms with E-state index in [1.807, 2.05) is 44.2 Å². The first kappa shape index (κ1) is 31.1. The predicted octanol–water partition coefficient (Wildman–Crippen LogP) is 6.87. The standard InChI is InChI=1S/C33H31BrN2O7/c1-3-40-29-18-26(14-15-28(29)42-20-22-8-6-5-7-9-22)32(37)36-35-19-24-16-27(34)31(30(17-24)41-4-2)43-21-23-10-12-25(13-11-23)33(38)39/h5-19H,3-4,20-21H2,1-2H3,(H,36,37)(H,38,39)/b35-19+. The molecule has 0 unspecified atom stereocenters. The number of nitrogens with one attached hydrogen (secondary N) is 1. The third-order valence-corrected chi connectivity index (χ3v) is 6.63. The first-order valence-corrected chi connectivity index (χ1v) is 14.4. The van der Waals surface area contributed by atoms with Gasteiger partial charge in [-0.05, 0) is 88.9 Å². The van der Waals surface area contributed by atoms with Crippen LogP contribution in [-0.4, -0.2) is 36.4 Å². The highest BCUT2D eigenvalue weighted by Gasteiger charge is 2.14. The predicted molar refractivity (Wildman–Crippen MR) is 166 cm³/mol. The zero-order chi connectivity index (χ0) is 30.6. The van der Waals surface area contributed by atoms with E-state index in [9.17, 15) is 9.59 Å². The minimum Gasteiger partial charge on any atom is -0.490 e. The molecular formula is C33H31BrN2O7. The second-order valence-corrected chi connectivity index (χ2v) is 9.98. The van der Waals surface area contributed by atoms with Crippen molar-refractivity contribution in [3.8, 4) is 23.0 Å². The van der Waals surface area contributed by atoms with Gasteiger partial charge in [0.15, 0.2) is 23.0 Å². The zero-order valence-electron chi connectivity index (χ0n) is 23.7. The van der Waals surface area contributed by atoms with E-state index in [1.165, 1.54) is 18.3 Å². The zero-order valence-corrected chi connectivity index (χ0v) is 25.3. The Kier molecular flexibility index (Phi) is 11.2. The summed E-state index contributed by atoms with van der Waals surface area (Å²) in [5.74, 6) is 0.583. The molecule has 0 saturated carbocycles. The van der Waals surface area contributed by atoms with Crippen molar-refractivity contribution in [3.05, 3.63) is 117 Å². The van der Waals surface area contributed by atoms with Gasteiger partial charge in [0, 0.05) is 5.56 Å². The maximum atomic E-state index is 12.8. The molecule has 0 fully saturated rings. The van der Waals surface area contributed by atoms with E-state index in [0.29, 0.717) is 58.4 Å². The highest BCUT2D eigenvalue weighted by Crippen LogP contribution is 2.37.